The molecule has 0 bridgehead atoms. The zero-order chi connectivity index (χ0) is 21.0. The van der Waals surface area contributed by atoms with E-state index in [1.54, 1.807) is 23.1 Å². The van der Waals surface area contributed by atoms with E-state index in [9.17, 15) is 18.3 Å². The van der Waals surface area contributed by atoms with Gasteiger partial charge >= 0.3 is 0 Å². The van der Waals surface area contributed by atoms with Crippen molar-refractivity contribution in [2.24, 2.45) is 5.14 Å². The lowest BCUT2D eigenvalue weighted by Gasteiger charge is -2.42. The molecule has 0 radical (unpaired) electrons. The van der Waals surface area contributed by atoms with Crippen LogP contribution in [0.25, 0.3) is 0 Å². The molecule has 7 nitrogen and oxygen atoms in total. The summed E-state index contributed by atoms with van der Waals surface area (Å²) in [5.74, 6) is -0.527. The molecule has 0 saturated carbocycles. The number of aliphatic hydroxyl groups is 1. The lowest BCUT2D eigenvalue weighted by atomic mass is 9.74. The topological polar surface area (TPSA) is 110 Å². The monoisotopic (exact) mass is 424 g/mol. The zero-order valence-electron chi connectivity index (χ0n) is 16.0. The summed E-state index contributed by atoms with van der Waals surface area (Å²) in [4.78, 5) is 15.1. The van der Waals surface area contributed by atoms with Crippen LogP contribution in [0, 0.1) is 0 Å². The lowest BCUT2D eigenvalue weighted by molar-refractivity contribution is -0.115. The first-order valence-electron chi connectivity index (χ1n) is 9.75. The van der Waals surface area contributed by atoms with Gasteiger partial charge in [0, 0.05) is 22.9 Å². The number of hydrogen-bond donors (Lipinski definition) is 2. The number of para-hydroxylation sites is 1. The first-order valence-corrected chi connectivity index (χ1v) is 11.3. The fourth-order valence-corrected chi connectivity index (χ4v) is 5.12. The second-order valence-electron chi connectivity index (χ2n) is 7.65. The minimum Gasteiger partial charge on any atom is -0.480 e. The van der Waals surface area contributed by atoms with E-state index in [4.69, 9.17) is 9.88 Å². The average Bonchev–Trinajstić information content (AvgIpc) is 2.73. The molecule has 154 valence electrons. The van der Waals surface area contributed by atoms with Crippen molar-refractivity contribution < 1.29 is 23.1 Å². The summed E-state index contributed by atoms with van der Waals surface area (Å²) in [6, 6.07) is 13.3. The maximum Gasteiger partial charge on any atom is 0.292 e. The van der Waals surface area contributed by atoms with E-state index in [1.807, 2.05) is 18.2 Å². The summed E-state index contributed by atoms with van der Waals surface area (Å²) < 4.78 is 28.8. The maximum absolute atomic E-state index is 13.6. The second kappa shape index (κ2) is 6.72. The minimum absolute atomic E-state index is 0.0246. The van der Waals surface area contributed by atoms with Gasteiger partial charge in [-0.2, -0.15) is 0 Å². The van der Waals surface area contributed by atoms with Crippen molar-refractivity contribution in [1.82, 2.24) is 0 Å². The molecule has 2 aliphatic heterocycles. The maximum atomic E-state index is 13.6. The van der Waals surface area contributed by atoms with Gasteiger partial charge in [0.05, 0.1) is 4.90 Å². The van der Waals surface area contributed by atoms with Gasteiger partial charge in [-0.1, -0.05) is 18.2 Å². The van der Waals surface area contributed by atoms with E-state index in [0.29, 0.717) is 11.4 Å². The van der Waals surface area contributed by atoms with Crippen LogP contribution in [0.2, 0.25) is 0 Å². The van der Waals surface area contributed by atoms with Crippen molar-refractivity contribution in [3.8, 4) is 5.75 Å². The Labute approximate surface area is 174 Å². The highest BCUT2D eigenvalue weighted by Crippen LogP contribution is 2.51. The molecule has 3 aliphatic rings. The van der Waals surface area contributed by atoms with E-state index >= 15 is 0 Å². The van der Waals surface area contributed by atoms with E-state index in [0.717, 1.165) is 42.5 Å². The van der Waals surface area contributed by atoms with E-state index in [2.05, 4.69) is 0 Å². The number of carbonyl (C=O) groups is 1. The molecular weight excluding hydrogens is 404 g/mol. The highest BCUT2D eigenvalue weighted by atomic mass is 32.2. The largest absolute Gasteiger partial charge is 0.480 e. The lowest BCUT2D eigenvalue weighted by Crippen LogP contribution is -2.42. The predicted octanol–water partition coefficient (Wildman–Crippen LogP) is 3.45. The number of benzene rings is 2. The highest BCUT2D eigenvalue weighted by molar-refractivity contribution is 7.89. The molecule has 5 rings (SSSR count). The second-order valence-corrected chi connectivity index (χ2v) is 9.21. The molecule has 0 fully saturated rings. The van der Waals surface area contributed by atoms with Crippen molar-refractivity contribution in [3.05, 3.63) is 76.9 Å². The van der Waals surface area contributed by atoms with Gasteiger partial charge in [0.25, 0.3) is 11.9 Å². The van der Waals surface area contributed by atoms with Gasteiger partial charge in [0.2, 0.25) is 10.0 Å². The van der Waals surface area contributed by atoms with E-state index in [-0.39, 0.29) is 28.2 Å². The number of amides is 1. The molecule has 2 heterocycles. The van der Waals surface area contributed by atoms with Crippen molar-refractivity contribution in [2.75, 3.05) is 4.90 Å². The van der Waals surface area contributed by atoms with E-state index < -0.39 is 10.0 Å². The van der Waals surface area contributed by atoms with Crippen molar-refractivity contribution in [3.63, 3.8) is 0 Å². The highest BCUT2D eigenvalue weighted by Gasteiger charge is 2.45. The van der Waals surface area contributed by atoms with Crippen LogP contribution >= 0.6 is 0 Å². The average molecular weight is 424 g/mol. The molecule has 1 aliphatic carbocycles. The summed E-state index contributed by atoms with van der Waals surface area (Å²) in [6.45, 7) is 0. The Morgan fingerprint density at radius 3 is 2.47 bits per heavy atom. The van der Waals surface area contributed by atoms with Gasteiger partial charge in [0.1, 0.15) is 11.3 Å². The number of anilines is 1. The Bertz CT molecular complexity index is 1230. The molecule has 3 N–H and O–H groups in total. The van der Waals surface area contributed by atoms with Crippen molar-refractivity contribution in [2.45, 2.75) is 36.5 Å². The molecule has 8 heteroatoms. The van der Waals surface area contributed by atoms with Gasteiger partial charge in [-0.3, -0.25) is 9.69 Å². The summed E-state index contributed by atoms with van der Waals surface area (Å²) in [6.07, 6.45) is 3.49. The van der Waals surface area contributed by atoms with Gasteiger partial charge in [-0.15, -0.1) is 0 Å². The third-order valence-corrected chi connectivity index (χ3v) is 6.84. The zero-order valence-corrected chi connectivity index (χ0v) is 16.9. The first kappa shape index (κ1) is 18.9. The summed E-state index contributed by atoms with van der Waals surface area (Å²) in [5, 5.41) is 15.8. The molecule has 2 aromatic carbocycles. The van der Waals surface area contributed by atoms with Crippen LogP contribution in [0.5, 0.6) is 5.75 Å². The number of nitrogens with two attached hydrogens (primary N) is 1. The van der Waals surface area contributed by atoms with Crippen LogP contribution in [0.1, 0.15) is 37.2 Å². The van der Waals surface area contributed by atoms with Gasteiger partial charge in [-0.05, 0) is 61.6 Å². The Morgan fingerprint density at radius 2 is 1.73 bits per heavy atom. The number of primary sulfonamides is 1. The van der Waals surface area contributed by atoms with Gasteiger partial charge < -0.3 is 9.84 Å². The first-order chi connectivity index (χ1) is 14.4. The number of allylic oxidation sites excluding steroid dienone is 2. The fraction of sp³-hybridized carbons (Fsp3) is 0.227. The molecular formula is C22H20N2O5S. The van der Waals surface area contributed by atoms with Crippen LogP contribution in [0.4, 0.5) is 5.69 Å². The SMILES string of the molecule is NS(=O)(=O)c1ccc(N2C(=O)C3=C(O)Oc4ccccc4C3C3=C2CCCC3)cc1. The van der Waals surface area contributed by atoms with Crippen molar-refractivity contribution >= 4 is 21.6 Å². The molecule has 1 unspecified atom stereocenters. The number of sulfonamides is 1. The van der Waals surface area contributed by atoms with Crippen LogP contribution in [0.15, 0.2) is 76.2 Å². The Hall–Kier alpha value is -3.10. The van der Waals surface area contributed by atoms with Gasteiger partial charge in [-0.25, -0.2) is 13.6 Å². The molecule has 0 aromatic heterocycles. The molecule has 0 spiro atoms. The van der Waals surface area contributed by atoms with Crippen molar-refractivity contribution in [1.29, 1.82) is 0 Å². The minimum atomic E-state index is -3.83. The Morgan fingerprint density at radius 1 is 1.03 bits per heavy atom. The van der Waals surface area contributed by atoms with Crippen LogP contribution in [-0.2, 0) is 14.8 Å². The number of ether oxygens (including phenoxy) is 1. The Balaban J connectivity index is 1.70. The summed E-state index contributed by atoms with van der Waals surface area (Å²) >= 11 is 0. The molecule has 0 saturated heterocycles. The van der Waals surface area contributed by atoms with E-state index in [1.165, 1.54) is 12.1 Å². The Kier molecular flexibility index (Phi) is 4.23. The number of fused-ring (bicyclic) bond motifs is 4. The van der Waals surface area contributed by atoms with Crippen LogP contribution < -0.4 is 14.8 Å². The van der Waals surface area contributed by atoms with Crippen LogP contribution in [0.3, 0.4) is 0 Å². The third kappa shape index (κ3) is 2.83. The molecule has 1 amide bonds. The molecule has 30 heavy (non-hydrogen) atoms. The summed E-state index contributed by atoms with van der Waals surface area (Å²) in [7, 11) is -3.83. The third-order valence-electron chi connectivity index (χ3n) is 5.91. The number of aliphatic hydroxyl groups excluding tert-OH is 1. The predicted molar refractivity (Wildman–Crippen MR) is 110 cm³/mol. The molecule has 2 aromatic rings. The number of rotatable bonds is 2. The quantitative estimate of drug-likeness (QED) is 0.767. The summed E-state index contributed by atoms with van der Waals surface area (Å²) in [5.41, 5.74) is 3.61. The molecule has 1 atom stereocenters. The number of nitrogens with zero attached hydrogens (tertiary/aromatic N) is 1. The standard InChI is InChI=1S/C22H20N2O5S/c23-30(27,28)14-11-9-13(10-12-14)24-17-7-3-1-5-15(17)19-16-6-2-4-8-18(16)29-22(26)20(19)21(24)25/h2,4,6,8-12,19,26H,1,3,5,7H2,(H2,23,27,28). The van der Waals surface area contributed by atoms with Gasteiger partial charge in [0.15, 0.2) is 0 Å². The normalized spacial score (nSPS) is 21.0. The number of carbonyl (C=O) groups excluding carboxylic acids is 1. The number of hydrogen-bond acceptors (Lipinski definition) is 5. The fourth-order valence-electron chi connectivity index (χ4n) is 4.61. The van der Waals surface area contributed by atoms with Crippen LogP contribution in [-0.4, -0.2) is 19.4 Å². The smallest absolute Gasteiger partial charge is 0.292 e.